The molecule has 22 heavy (non-hydrogen) atoms. The number of aliphatic hydroxyl groups is 1. The molecule has 0 radical (unpaired) electrons. The lowest BCUT2D eigenvalue weighted by molar-refractivity contribution is 0.0889. The van der Waals surface area contributed by atoms with Gasteiger partial charge in [0.2, 0.25) is 0 Å². The number of fused-ring (bicyclic) bond motifs is 1. The normalized spacial score (nSPS) is 12.6. The number of hydrogen-bond donors (Lipinski definition) is 2. The molecule has 1 unspecified atom stereocenters. The predicted octanol–water partition coefficient (Wildman–Crippen LogP) is 2.89. The van der Waals surface area contributed by atoms with Crippen LogP contribution in [-0.2, 0) is 0 Å². The number of methoxy groups -OCH3 is 1. The molecule has 2 aromatic rings. The molecule has 0 fully saturated rings. The van der Waals surface area contributed by atoms with Crippen molar-refractivity contribution in [3.63, 3.8) is 0 Å². The van der Waals surface area contributed by atoms with Crippen molar-refractivity contribution >= 4 is 16.9 Å². The van der Waals surface area contributed by atoms with Crippen LogP contribution in [0.3, 0.4) is 0 Å². The molecular weight excluding hydrogens is 282 g/mol. The molecule has 1 amide bonds. The van der Waals surface area contributed by atoms with Gasteiger partial charge in [0.05, 0.1) is 7.11 Å². The van der Waals surface area contributed by atoms with Crippen molar-refractivity contribution in [1.82, 2.24) is 5.32 Å². The van der Waals surface area contributed by atoms with Gasteiger partial charge in [0.1, 0.15) is 0 Å². The highest BCUT2D eigenvalue weighted by atomic mass is 16.5. The Kier molecular flexibility index (Phi) is 5.08. The van der Waals surface area contributed by atoms with Crippen molar-refractivity contribution in [3.05, 3.63) is 29.5 Å². The van der Waals surface area contributed by atoms with E-state index < -0.39 is 0 Å². The van der Waals surface area contributed by atoms with Crippen molar-refractivity contribution in [1.29, 1.82) is 0 Å². The molecule has 0 bridgehead atoms. The summed E-state index contributed by atoms with van der Waals surface area (Å²) in [5, 5.41) is 12.9. The molecule has 0 aliphatic rings. The molecule has 0 aliphatic carbocycles. The Morgan fingerprint density at radius 1 is 1.41 bits per heavy atom. The number of aryl methyl sites for hydroxylation is 1. The van der Waals surface area contributed by atoms with Crippen LogP contribution in [0.15, 0.2) is 22.6 Å². The molecule has 0 saturated heterocycles. The molecule has 0 spiro atoms. The summed E-state index contributed by atoms with van der Waals surface area (Å²) in [5.74, 6) is 0.872. The Labute approximate surface area is 130 Å². The predicted molar refractivity (Wildman–Crippen MR) is 85.3 cm³/mol. The van der Waals surface area contributed by atoms with Gasteiger partial charge in [0, 0.05) is 23.6 Å². The second-order valence-electron chi connectivity index (χ2n) is 5.73. The Hall–Kier alpha value is -2.01. The van der Waals surface area contributed by atoms with Crippen molar-refractivity contribution < 1.29 is 19.1 Å². The monoisotopic (exact) mass is 305 g/mol. The smallest absolute Gasteiger partial charge is 0.287 e. The van der Waals surface area contributed by atoms with Crippen molar-refractivity contribution in [2.24, 2.45) is 5.92 Å². The third-order valence-electron chi connectivity index (χ3n) is 3.92. The van der Waals surface area contributed by atoms with Crippen LogP contribution < -0.4 is 10.1 Å². The van der Waals surface area contributed by atoms with Gasteiger partial charge < -0.3 is 19.6 Å². The number of hydrogen-bond acceptors (Lipinski definition) is 4. The molecule has 2 N–H and O–H groups in total. The standard InChI is InChI=1S/C17H23NO4/c1-10(2)13(8-9-19)18-17(20)15-11(3)12-6-5-7-14(21-4)16(12)22-15/h5-7,10,13,19H,8-9H2,1-4H3,(H,18,20). The van der Waals surface area contributed by atoms with Gasteiger partial charge in [0.25, 0.3) is 5.91 Å². The van der Waals surface area contributed by atoms with Gasteiger partial charge in [-0.1, -0.05) is 26.0 Å². The van der Waals surface area contributed by atoms with Crippen LogP contribution in [0.4, 0.5) is 0 Å². The van der Waals surface area contributed by atoms with Crippen LogP contribution in [-0.4, -0.2) is 30.8 Å². The van der Waals surface area contributed by atoms with E-state index >= 15 is 0 Å². The molecule has 0 aliphatic heterocycles. The highest BCUT2D eigenvalue weighted by molar-refractivity contribution is 6.00. The maximum Gasteiger partial charge on any atom is 0.287 e. The van der Waals surface area contributed by atoms with Crippen LogP contribution in [0.5, 0.6) is 5.75 Å². The quantitative estimate of drug-likeness (QED) is 0.861. The Morgan fingerprint density at radius 2 is 2.14 bits per heavy atom. The molecule has 1 aromatic carbocycles. The van der Waals surface area contributed by atoms with Gasteiger partial charge in [-0.25, -0.2) is 0 Å². The minimum atomic E-state index is -0.261. The summed E-state index contributed by atoms with van der Waals surface area (Å²) in [6.45, 7) is 5.91. The zero-order chi connectivity index (χ0) is 16.3. The van der Waals surface area contributed by atoms with Gasteiger partial charge in [-0.3, -0.25) is 4.79 Å². The van der Waals surface area contributed by atoms with E-state index in [9.17, 15) is 4.79 Å². The molecule has 120 valence electrons. The fraction of sp³-hybridized carbons (Fsp3) is 0.471. The minimum Gasteiger partial charge on any atom is -0.493 e. The van der Waals surface area contributed by atoms with Crippen LogP contribution >= 0.6 is 0 Å². The summed E-state index contributed by atoms with van der Waals surface area (Å²) in [5.41, 5.74) is 1.37. The number of furan rings is 1. The first-order valence-electron chi connectivity index (χ1n) is 7.47. The third kappa shape index (κ3) is 3.09. The molecular formula is C17H23NO4. The number of aliphatic hydroxyl groups excluding tert-OH is 1. The van der Waals surface area contributed by atoms with E-state index in [0.717, 1.165) is 10.9 Å². The average Bonchev–Trinajstić information content (AvgIpc) is 2.84. The van der Waals surface area contributed by atoms with E-state index in [-0.39, 0.29) is 24.5 Å². The number of nitrogens with one attached hydrogen (secondary N) is 1. The van der Waals surface area contributed by atoms with E-state index in [2.05, 4.69) is 5.32 Å². The first kappa shape index (κ1) is 16.4. The number of ether oxygens (including phenoxy) is 1. The maximum absolute atomic E-state index is 12.5. The number of para-hydroxylation sites is 1. The summed E-state index contributed by atoms with van der Waals surface area (Å²) in [6.07, 6.45) is 0.520. The number of carbonyl (C=O) groups excluding carboxylic acids is 1. The lowest BCUT2D eigenvalue weighted by Crippen LogP contribution is -2.39. The van der Waals surface area contributed by atoms with Crippen molar-refractivity contribution in [2.75, 3.05) is 13.7 Å². The molecule has 5 nitrogen and oxygen atoms in total. The molecule has 1 atom stereocenters. The molecule has 0 saturated carbocycles. The van der Waals surface area contributed by atoms with E-state index in [4.69, 9.17) is 14.3 Å². The number of amides is 1. The topological polar surface area (TPSA) is 71.7 Å². The van der Waals surface area contributed by atoms with E-state index in [1.165, 1.54) is 0 Å². The molecule has 1 heterocycles. The number of rotatable bonds is 6. The van der Waals surface area contributed by atoms with Crippen LogP contribution in [0, 0.1) is 12.8 Å². The average molecular weight is 305 g/mol. The first-order valence-corrected chi connectivity index (χ1v) is 7.47. The van der Waals surface area contributed by atoms with Crippen molar-refractivity contribution in [2.45, 2.75) is 33.2 Å². The molecule has 5 heteroatoms. The summed E-state index contributed by atoms with van der Waals surface area (Å²) in [7, 11) is 1.57. The third-order valence-corrected chi connectivity index (χ3v) is 3.92. The summed E-state index contributed by atoms with van der Waals surface area (Å²) >= 11 is 0. The minimum absolute atomic E-state index is 0.0378. The van der Waals surface area contributed by atoms with Crippen LogP contribution in [0.25, 0.3) is 11.0 Å². The fourth-order valence-electron chi connectivity index (χ4n) is 2.54. The zero-order valence-electron chi connectivity index (χ0n) is 13.5. The summed E-state index contributed by atoms with van der Waals surface area (Å²) in [6, 6.07) is 5.48. The maximum atomic E-state index is 12.5. The van der Waals surface area contributed by atoms with Gasteiger partial charge >= 0.3 is 0 Å². The molecule has 2 rings (SSSR count). The van der Waals surface area contributed by atoms with Crippen molar-refractivity contribution in [3.8, 4) is 5.75 Å². The van der Waals surface area contributed by atoms with Crippen LogP contribution in [0.1, 0.15) is 36.4 Å². The first-order chi connectivity index (χ1) is 10.5. The molecule has 1 aromatic heterocycles. The second kappa shape index (κ2) is 6.83. The Morgan fingerprint density at radius 3 is 2.73 bits per heavy atom. The van der Waals surface area contributed by atoms with Gasteiger partial charge in [-0.2, -0.15) is 0 Å². The highest BCUT2D eigenvalue weighted by Crippen LogP contribution is 2.32. The second-order valence-corrected chi connectivity index (χ2v) is 5.73. The Balaban J connectivity index is 2.34. The van der Waals surface area contributed by atoms with Gasteiger partial charge in [-0.05, 0) is 25.3 Å². The van der Waals surface area contributed by atoms with Gasteiger partial charge in [0.15, 0.2) is 17.1 Å². The lowest BCUT2D eigenvalue weighted by Gasteiger charge is -2.20. The van der Waals surface area contributed by atoms with Gasteiger partial charge in [-0.15, -0.1) is 0 Å². The largest absolute Gasteiger partial charge is 0.493 e. The van der Waals surface area contributed by atoms with Crippen LogP contribution in [0.2, 0.25) is 0 Å². The fourth-order valence-corrected chi connectivity index (χ4v) is 2.54. The summed E-state index contributed by atoms with van der Waals surface area (Å²) < 4.78 is 11.0. The van der Waals surface area contributed by atoms with E-state index in [1.807, 2.05) is 32.9 Å². The Bertz CT molecular complexity index is 660. The van der Waals surface area contributed by atoms with E-state index in [1.54, 1.807) is 13.2 Å². The summed E-state index contributed by atoms with van der Waals surface area (Å²) in [4.78, 5) is 12.5. The lowest BCUT2D eigenvalue weighted by atomic mass is 10.0. The number of benzene rings is 1. The highest BCUT2D eigenvalue weighted by Gasteiger charge is 2.23. The SMILES string of the molecule is COc1cccc2c(C)c(C(=O)NC(CCO)C(C)C)oc12. The van der Waals surface area contributed by atoms with E-state index in [0.29, 0.717) is 23.5 Å². The number of carbonyl (C=O) groups is 1. The zero-order valence-corrected chi connectivity index (χ0v) is 13.5.